The number of nitrogens with zero attached hydrogens (tertiary/aromatic N) is 1. The van der Waals surface area contributed by atoms with Crippen LogP contribution in [-0.2, 0) is 13.0 Å². The van der Waals surface area contributed by atoms with Gasteiger partial charge in [0.15, 0.2) is 0 Å². The third-order valence-corrected chi connectivity index (χ3v) is 3.70. The zero-order chi connectivity index (χ0) is 12.3. The van der Waals surface area contributed by atoms with Crippen molar-refractivity contribution >= 4 is 11.3 Å². The summed E-state index contributed by atoms with van der Waals surface area (Å²) in [6.07, 6.45) is 0.946. The molecular weight excluding hydrogens is 228 g/mol. The summed E-state index contributed by atoms with van der Waals surface area (Å²) in [5.74, 6) is 0. The smallest absolute Gasteiger partial charge is 0.0972 e. The number of aromatic nitrogens is 1. The van der Waals surface area contributed by atoms with Crippen molar-refractivity contribution in [1.29, 1.82) is 0 Å². The van der Waals surface area contributed by atoms with Crippen LogP contribution in [0.25, 0.3) is 0 Å². The summed E-state index contributed by atoms with van der Waals surface area (Å²) < 4.78 is 0. The van der Waals surface area contributed by atoms with Crippen molar-refractivity contribution in [3.8, 4) is 0 Å². The van der Waals surface area contributed by atoms with Crippen molar-refractivity contribution in [2.45, 2.75) is 26.8 Å². The van der Waals surface area contributed by atoms with E-state index < -0.39 is 0 Å². The molecule has 0 aliphatic heterocycles. The lowest BCUT2D eigenvalue weighted by molar-refractivity contribution is 0.793. The number of hydrogen-bond acceptors (Lipinski definition) is 3. The van der Waals surface area contributed by atoms with Gasteiger partial charge in [-0.05, 0) is 32.0 Å². The van der Waals surface area contributed by atoms with Gasteiger partial charge in [-0.25, -0.2) is 4.98 Å². The molecule has 3 heteroatoms. The van der Waals surface area contributed by atoms with Crippen molar-refractivity contribution in [3.05, 3.63) is 51.0 Å². The van der Waals surface area contributed by atoms with Crippen LogP contribution in [0.5, 0.6) is 0 Å². The predicted molar refractivity (Wildman–Crippen MR) is 73.6 cm³/mol. The standard InChI is InChI=1S/C14H18N2S/c1-10-4-5-11(2)12(6-10)7-14-16-13(8-15-3)9-17-14/h4-6,9,15H,7-8H2,1-3H3. The van der Waals surface area contributed by atoms with Crippen LogP contribution < -0.4 is 5.32 Å². The van der Waals surface area contributed by atoms with E-state index in [1.807, 2.05) is 7.05 Å². The minimum Gasteiger partial charge on any atom is -0.314 e. The molecule has 1 aromatic carbocycles. The van der Waals surface area contributed by atoms with Crippen LogP contribution in [0.2, 0.25) is 0 Å². The number of hydrogen-bond donors (Lipinski definition) is 1. The lowest BCUT2D eigenvalue weighted by atomic mass is 10.0. The van der Waals surface area contributed by atoms with Crippen LogP contribution in [0, 0.1) is 13.8 Å². The van der Waals surface area contributed by atoms with Crippen LogP contribution >= 0.6 is 11.3 Å². The average Bonchev–Trinajstić information content (AvgIpc) is 2.72. The van der Waals surface area contributed by atoms with Gasteiger partial charge in [-0.3, -0.25) is 0 Å². The Labute approximate surface area is 107 Å². The molecule has 90 valence electrons. The van der Waals surface area contributed by atoms with Crippen LogP contribution in [-0.4, -0.2) is 12.0 Å². The van der Waals surface area contributed by atoms with Gasteiger partial charge >= 0.3 is 0 Å². The first kappa shape index (κ1) is 12.3. The molecule has 0 fully saturated rings. The third-order valence-electron chi connectivity index (χ3n) is 2.80. The van der Waals surface area contributed by atoms with E-state index >= 15 is 0 Å². The third kappa shape index (κ3) is 3.14. The Morgan fingerprint density at radius 2 is 2.12 bits per heavy atom. The van der Waals surface area contributed by atoms with Gasteiger partial charge < -0.3 is 5.32 Å². The van der Waals surface area contributed by atoms with E-state index in [2.05, 4.69) is 47.7 Å². The Balaban J connectivity index is 2.16. The molecule has 0 radical (unpaired) electrons. The molecule has 1 aromatic heterocycles. The molecule has 0 atom stereocenters. The Kier molecular flexibility index (Phi) is 3.92. The van der Waals surface area contributed by atoms with E-state index in [1.165, 1.54) is 21.7 Å². The molecule has 1 N–H and O–H groups in total. The Bertz CT molecular complexity index is 503. The van der Waals surface area contributed by atoms with Crippen molar-refractivity contribution in [2.24, 2.45) is 0 Å². The van der Waals surface area contributed by atoms with Crippen LogP contribution in [0.1, 0.15) is 27.4 Å². The molecular formula is C14H18N2S. The first-order valence-corrected chi connectivity index (χ1v) is 6.71. The molecule has 0 amide bonds. The van der Waals surface area contributed by atoms with Crippen molar-refractivity contribution < 1.29 is 0 Å². The normalized spacial score (nSPS) is 10.8. The second kappa shape index (κ2) is 5.43. The summed E-state index contributed by atoms with van der Waals surface area (Å²) in [6, 6.07) is 6.61. The SMILES string of the molecule is CNCc1csc(Cc2cc(C)ccc2C)n1. The quantitative estimate of drug-likeness (QED) is 0.897. The number of nitrogens with one attached hydrogen (secondary N) is 1. The zero-order valence-electron chi connectivity index (χ0n) is 10.6. The number of benzene rings is 1. The number of thiazole rings is 1. The minimum atomic E-state index is 0.850. The molecule has 0 saturated carbocycles. The molecule has 0 bridgehead atoms. The van der Waals surface area contributed by atoms with Crippen molar-refractivity contribution in [2.75, 3.05) is 7.05 Å². The van der Waals surface area contributed by atoms with Gasteiger partial charge in [0.05, 0.1) is 10.7 Å². The topological polar surface area (TPSA) is 24.9 Å². The number of rotatable bonds is 4. The summed E-state index contributed by atoms with van der Waals surface area (Å²) in [7, 11) is 1.95. The second-order valence-corrected chi connectivity index (χ2v) is 5.31. The van der Waals surface area contributed by atoms with E-state index in [-0.39, 0.29) is 0 Å². The summed E-state index contributed by atoms with van der Waals surface area (Å²) >= 11 is 1.75. The molecule has 1 heterocycles. The maximum absolute atomic E-state index is 4.62. The van der Waals surface area contributed by atoms with Gasteiger partial charge in [-0.2, -0.15) is 0 Å². The molecule has 0 saturated heterocycles. The fourth-order valence-electron chi connectivity index (χ4n) is 1.85. The molecule has 2 nitrogen and oxygen atoms in total. The molecule has 2 rings (SSSR count). The first-order valence-electron chi connectivity index (χ1n) is 5.83. The minimum absolute atomic E-state index is 0.850. The molecule has 2 aromatic rings. The highest BCUT2D eigenvalue weighted by Crippen LogP contribution is 2.18. The van der Waals surface area contributed by atoms with Crippen LogP contribution in [0.4, 0.5) is 0 Å². The van der Waals surface area contributed by atoms with E-state index in [9.17, 15) is 0 Å². The van der Waals surface area contributed by atoms with Gasteiger partial charge in [0.2, 0.25) is 0 Å². The first-order chi connectivity index (χ1) is 8.19. The van der Waals surface area contributed by atoms with E-state index in [0.717, 1.165) is 18.7 Å². The molecule has 0 aliphatic carbocycles. The molecule has 0 aliphatic rings. The highest BCUT2D eigenvalue weighted by molar-refractivity contribution is 7.09. The Hall–Kier alpha value is -1.19. The van der Waals surface area contributed by atoms with Gasteiger partial charge in [0.25, 0.3) is 0 Å². The average molecular weight is 246 g/mol. The molecule has 0 spiro atoms. The Morgan fingerprint density at radius 1 is 1.29 bits per heavy atom. The van der Waals surface area contributed by atoms with E-state index in [1.54, 1.807) is 11.3 Å². The molecule has 0 unspecified atom stereocenters. The monoisotopic (exact) mass is 246 g/mol. The summed E-state index contributed by atoms with van der Waals surface area (Å²) in [4.78, 5) is 4.62. The van der Waals surface area contributed by atoms with Gasteiger partial charge in [0, 0.05) is 18.3 Å². The maximum Gasteiger partial charge on any atom is 0.0972 e. The van der Waals surface area contributed by atoms with E-state index in [4.69, 9.17) is 0 Å². The van der Waals surface area contributed by atoms with Gasteiger partial charge in [0.1, 0.15) is 0 Å². The van der Waals surface area contributed by atoms with Gasteiger partial charge in [-0.1, -0.05) is 23.8 Å². The maximum atomic E-state index is 4.62. The van der Waals surface area contributed by atoms with Crippen LogP contribution in [0.3, 0.4) is 0 Å². The number of aryl methyl sites for hydroxylation is 2. The summed E-state index contributed by atoms with van der Waals surface area (Å²) in [5, 5.41) is 6.46. The lowest BCUT2D eigenvalue weighted by Crippen LogP contribution is -2.05. The zero-order valence-corrected chi connectivity index (χ0v) is 11.4. The highest BCUT2D eigenvalue weighted by atomic mass is 32.1. The largest absolute Gasteiger partial charge is 0.314 e. The Morgan fingerprint density at radius 3 is 2.88 bits per heavy atom. The summed E-state index contributed by atoms with van der Waals surface area (Å²) in [6.45, 7) is 5.15. The second-order valence-electron chi connectivity index (χ2n) is 4.37. The summed E-state index contributed by atoms with van der Waals surface area (Å²) in [5.41, 5.74) is 5.19. The fourth-order valence-corrected chi connectivity index (χ4v) is 2.66. The fraction of sp³-hybridized carbons (Fsp3) is 0.357. The predicted octanol–water partition coefficient (Wildman–Crippen LogP) is 3.07. The van der Waals surface area contributed by atoms with Crippen molar-refractivity contribution in [1.82, 2.24) is 10.3 Å². The van der Waals surface area contributed by atoms with Crippen LogP contribution in [0.15, 0.2) is 23.6 Å². The van der Waals surface area contributed by atoms with Crippen molar-refractivity contribution in [3.63, 3.8) is 0 Å². The lowest BCUT2D eigenvalue weighted by Gasteiger charge is -2.04. The highest BCUT2D eigenvalue weighted by Gasteiger charge is 2.05. The molecule has 17 heavy (non-hydrogen) atoms. The van der Waals surface area contributed by atoms with Gasteiger partial charge in [-0.15, -0.1) is 11.3 Å². The van der Waals surface area contributed by atoms with E-state index in [0.29, 0.717) is 0 Å².